The molecular weight excluding hydrogens is 288 g/mol. The van der Waals surface area contributed by atoms with Crippen LogP contribution in [0.2, 0.25) is 0 Å². The summed E-state index contributed by atoms with van der Waals surface area (Å²) in [7, 11) is 0. The van der Waals surface area contributed by atoms with Gasteiger partial charge in [0, 0.05) is 19.1 Å². The van der Waals surface area contributed by atoms with E-state index in [2.05, 4.69) is 16.3 Å². The van der Waals surface area contributed by atoms with Crippen LogP contribution in [0.4, 0.5) is 10.7 Å². The van der Waals surface area contributed by atoms with E-state index in [1.54, 1.807) is 0 Å². The van der Waals surface area contributed by atoms with Crippen molar-refractivity contribution in [2.75, 3.05) is 30.3 Å². The van der Waals surface area contributed by atoms with Crippen molar-refractivity contribution in [3.05, 3.63) is 10.4 Å². The molecule has 0 radical (unpaired) electrons. The van der Waals surface area contributed by atoms with Crippen LogP contribution in [0.3, 0.4) is 0 Å². The number of nitrogens with one attached hydrogen (secondary N) is 1. The highest BCUT2D eigenvalue weighted by Gasteiger charge is 2.30. The Kier molecular flexibility index (Phi) is 3.74. The molecule has 1 amide bonds. The maximum atomic E-state index is 12.2. The number of thiophene rings is 1. The average Bonchev–Trinajstić information content (AvgIpc) is 3.20. The van der Waals surface area contributed by atoms with Gasteiger partial charge in [0.2, 0.25) is 0 Å². The fourth-order valence-corrected chi connectivity index (χ4v) is 3.52. The van der Waals surface area contributed by atoms with Gasteiger partial charge in [-0.15, -0.1) is 11.3 Å². The highest BCUT2D eigenvalue weighted by Crippen LogP contribution is 2.38. The minimum atomic E-state index is -0.163. The van der Waals surface area contributed by atoms with Crippen LogP contribution in [0.1, 0.15) is 35.0 Å². The molecule has 0 aromatic carbocycles. The topological polar surface area (TPSA) is 91.4 Å². The molecule has 112 valence electrons. The molecular formula is C14H18N4O2S. The molecule has 2 fully saturated rings. The summed E-state index contributed by atoms with van der Waals surface area (Å²) in [5.41, 5.74) is 6.74. The first-order valence-corrected chi connectivity index (χ1v) is 7.91. The lowest BCUT2D eigenvalue weighted by molar-refractivity contribution is 0.0534. The first-order valence-electron chi connectivity index (χ1n) is 7.10. The van der Waals surface area contributed by atoms with Crippen LogP contribution < -0.4 is 16.0 Å². The monoisotopic (exact) mass is 306 g/mol. The lowest BCUT2D eigenvalue weighted by atomic mass is 10.2. The molecule has 3 N–H and O–H groups in total. The summed E-state index contributed by atoms with van der Waals surface area (Å²) in [4.78, 5) is 14.7. The van der Waals surface area contributed by atoms with Crippen LogP contribution in [0, 0.1) is 11.3 Å². The Balaban J connectivity index is 1.89. The van der Waals surface area contributed by atoms with Crippen molar-refractivity contribution < 1.29 is 9.53 Å². The summed E-state index contributed by atoms with van der Waals surface area (Å²) in [6, 6.07) is 2.42. The molecule has 0 spiro atoms. The van der Waals surface area contributed by atoms with Crippen LogP contribution in [-0.4, -0.2) is 37.7 Å². The van der Waals surface area contributed by atoms with Crippen LogP contribution >= 0.6 is 11.3 Å². The van der Waals surface area contributed by atoms with Gasteiger partial charge in [-0.25, -0.2) is 0 Å². The number of nitrogens with zero attached hydrogens (tertiary/aromatic N) is 2. The zero-order valence-electron chi connectivity index (χ0n) is 11.9. The Morgan fingerprint density at radius 3 is 2.95 bits per heavy atom. The molecule has 1 atom stereocenters. The van der Waals surface area contributed by atoms with Gasteiger partial charge in [0.1, 0.15) is 21.5 Å². The molecule has 0 bridgehead atoms. The summed E-state index contributed by atoms with van der Waals surface area (Å²) in [5, 5.41) is 13.1. The molecule has 1 aromatic heterocycles. The van der Waals surface area contributed by atoms with Gasteiger partial charge in [-0.2, -0.15) is 5.26 Å². The van der Waals surface area contributed by atoms with Crippen LogP contribution in [-0.2, 0) is 4.74 Å². The van der Waals surface area contributed by atoms with Gasteiger partial charge in [0.05, 0.1) is 18.4 Å². The second-order valence-corrected chi connectivity index (χ2v) is 6.51. The lowest BCUT2D eigenvalue weighted by Gasteiger charge is -2.32. The van der Waals surface area contributed by atoms with Gasteiger partial charge in [0.15, 0.2) is 0 Å². The van der Waals surface area contributed by atoms with Crippen molar-refractivity contribution >= 4 is 27.9 Å². The van der Waals surface area contributed by atoms with Crippen LogP contribution in [0.25, 0.3) is 0 Å². The van der Waals surface area contributed by atoms with E-state index in [1.807, 2.05) is 6.92 Å². The molecule has 1 saturated heterocycles. The fraction of sp³-hybridized carbons (Fsp3) is 0.571. The van der Waals surface area contributed by atoms with E-state index in [4.69, 9.17) is 10.5 Å². The van der Waals surface area contributed by atoms with E-state index < -0.39 is 0 Å². The molecule has 2 heterocycles. The van der Waals surface area contributed by atoms with Gasteiger partial charge in [0.25, 0.3) is 5.91 Å². The van der Waals surface area contributed by atoms with Crippen molar-refractivity contribution in [1.82, 2.24) is 5.32 Å². The Labute approximate surface area is 127 Å². The standard InChI is InChI=1S/C14H18N4O2S/c1-8-7-18(4-5-20-8)14-10(6-15)11(16)12(21-14)13(19)17-9-2-3-9/h8-9H,2-5,7,16H2,1H3,(H,17,19). The second-order valence-electron chi connectivity index (χ2n) is 5.51. The van der Waals surface area contributed by atoms with Crippen LogP contribution in [0.15, 0.2) is 0 Å². The van der Waals surface area contributed by atoms with Crippen molar-refractivity contribution in [3.8, 4) is 6.07 Å². The summed E-state index contributed by atoms with van der Waals surface area (Å²) in [6.45, 7) is 4.03. The number of ether oxygens (including phenoxy) is 1. The molecule has 3 rings (SSSR count). The van der Waals surface area contributed by atoms with Crippen molar-refractivity contribution in [2.45, 2.75) is 31.9 Å². The SMILES string of the molecule is CC1CN(c2sc(C(=O)NC3CC3)c(N)c2C#N)CCO1. The zero-order chi connectivity index (χ0) is 15.0. The predicted octanol–water partition coefficient (Wildman–Crippen LogP) is 1.32. The highest BCUT2D eigenvalue weighted by atomic mass is 32.1. The molecule has 1 aliphatic carbocycles. The maximum Gasteiger partial charge on any atom is 0.263 e. The first-order chi connectivity index (χ1) is 10.1. The zero-order valence-corrected chi connectivity index (χ0v) is 12.7. The molecule has 1 aliphatic heterocycles. The number of rotatable bonds is 3. The summed E-state index contributed by atoms with van der Waals surface area (Å²) < 4.78 is 5.52. The molecule has 1 saturated carbocycles. The molecule has 1 aromatic rings. The lowest BCUT2D eigenvalue weighted by Crippen LogP contribution is -2.41. The number of nitriles is 1. The number of hydrogen-bond acceptors (Lipinski definition) is 6. The van der Waals surface area contributed by atoms with Crippen molar-refractivity contribution in [2.24, 2.45) is 0 Å². The largest absolute Gasteiger partial charge is 0.396 e. The number of morpholine rings is 1. The van der Waals surface area contributed by atoms with E-state index in [-0.39, 0.29) is 18.1 Å². The third kappa shape index (κ3) is 2.82. The van der Waals surface area contributed by atoms with Gasteiger partial charge in [-0.1, -0.05) is 0 Å². The average molecular weight is 306 g/mol. The number of hydrogen-bond donors (Lipinski definition) is 2. The van der Waals surface area contributed by atoms with E-state index in [9.17, 15) is 10.1 Å². The van der Waals surface area contributed by atoms with Gasteiger partial charge >= 0.3 is 0 Å². The quantitative estimate of drug-likeness (QED) is 0.879. The number of anilines is 2. The molecule has 2 aliphatic rings. The highest BCUT2D eigenvalue weighted by molar-refractivity contribution is 7.19. The van der Waals surface area contributed by atoms with Crippen molar-refractivity contribution in [1.29, 1.82) is 5.26 Å². The fourth-order valence-electron chi connectivity index (χ4n) is 2.41. The Bertz CT molecular complexity index is 603. The Morgan fingerprint density at radius 2 is 2.33 bits per heavy atom. The smallest absolute Gasteiger partial charge is 0.263 e. The van der Waals surface area contributed by atoms with E-state index in [0.717, 1.165) is 17.8 Å². The predicted molar refractivity (Wildman–Crippen MR) is 81.6 cm³/mol. The molecule has 1 unspecified atom stereocenters. The Hall–Kier alpha value is -1.78. The first kappa shape index (κ1) is 14.2. The third-order valence-corrected chi connectivity index (χ3v) is 4.95. The number of carbonyl (C=O) groups is 1. The summed E-state index contributed by atoms with van der Waals surface area (Å²) >= 11 is 1.31. The summed E-state index contributed by atoms with van der Waals surface area (Å²) in [5.74, 6) is -0.163. The third-order valence-electron chi connectivity index (χ3n) is 3.69. The van der Waals surface area contributed by atoms with E-state index in [1.165, 1.54) is 11.3 Å². The van der Waals surface area contributed by atoms with E-state index in [0.29, 0.717) is 35.8 Å². The second kappa shape index (κ2) is 5.54. The number of nitrogens with two attached hydrogens (primary N) is 1. The van der Waals surface area contributed by atoms with Gasteiger partial charge in [-0.05, 0) is 19.8 Å². The normalized spacial score (nSPS) is 21.9. The summed E-state index contributed by atoms with van der Waals surface area (Å²) in [6.07, 6.45) is 2.16. The number of carbonyl (C=O) groups excluding carboxylic acids is 1. The minimum absolute atomic E-state index is 0.109. The minimum Gasteiger partial charge on any atom is -0.396 e. The van der Waals surface area contributed by atoms with Gasteiger partial charge in [-0.3, -0.25) is 4.79 Å². The molecule has 7 heteroatoms. The molecule has 6 nitrogen and oxygen atoms in total. The maximum absolute atomic E-state index is 12.2. The number of nitrogen functional groups attached to an aromatic ring is 1. The van der Waals surface area contributed by atoms with E-state index >= 15 is 0 Å². The molecule has 21 heavy (non-hydrogen) atoms. The van der Waals surface area contributed by atoms with Gasteiger partial charge < -0.3 is 20.7 Å². The number of amides is 1. The van der Waals surface area contributed by atoms with Crippen LogP contribution in [0.5, 0.6) is 0 Å². The Morgan fingerprint density at radius 1 is 1.57 bits per heavy atom. The van der Waals surface area contributed by atoms with Crippen molar-refractivity contribution in [3.63, 3.8) is 0 Å².